The first-order chi connectivity index (χ1) is 9.34. The quantitative estimate of drug-likeness (QED) is 0.790. The monoisotopic (exact) mass is 290 g/mol. The molecule has 0 unspecified atom stereocenters. The first kappa shape index (κ1) is 16.3. The highest BCUT2D eigenvalue weighted by atomic mass is 19.4. The van der Waals surface area contributed by atoms with Crippen molar-refractivity contribution in [1.82, 2.24) is 5.32 Å². The molecule has 0 atom stereocenters. The molecule has 20 heavy (non-hydrogen) atoms. The normalized spacial score (nSPS) is 11.2. The highest BCUT2D eigenvalue weighted by Gasteiger charge is 2.30. The maximum absolute atomic E-state index is 12.6. The number of alkyl halides is 3. The van der Waals surface area contributed by atoms with Crippen LogP contribution in [0.3, 0.4) is 0 Å². The lowest BCUT2D eigenvalue weighted by molar-refractivity contribution is -0.137. The van der Waals surface area contributed by atoms with Gasteiger partial charge >= 0.3 is 6.18 Å². The van der Waals surface area contributed by atoms with Crippen molar-refractivity contribution >= 4 is 11.6 Å². The van der Waals surface area contributed by atoms with E-state index < -0.39 is 11.7 Å². The fourth-order valence-corrected chi connectivity index (χ4v) is 1.52. The first-order valence-electron chi connectivity index (χ1n) is 6.02. The second-order valence-corrected chi connectivity index (χ2v) is 4.22. The third-order valence-corrected chi connectivity index (χ3v) is 2.63. The standard InChI is InChI=1S/C13H17F3N2O2/c1-9-3-4-10(13(14,15)16)7-11(9)18-8-12(19)17-5-6-20-2/h3-4,7,18H,5-6,8H2,1-2H3,(H,17,19). The molecule has 0 radical (unpaired) electrons. The molecule has 0 aliphatic rings. The third kappa shape index (κ3) is 5.08. The number of nitrogens with one attached hydrogen (secondary N) is 2. The molecule has 0 fully saturated rings. The minimum Gasteiger partial charge on any atom is -0.383 e. The lowest BCUT2D eigenvalue weighted by Gasteiger charge is -2.13. The van der Waals surface area contributed by atoms with Crippen LogP contribution in [-0.4, -0.2) is 32.7 Å². The van der Waals surface area contributed by atoms with Gasteiger partial charge in [0.25, 0.3) is 0 Å². The molecular weight excluding hydrogens is 273 g/mol. The number of halogens is 3. The van der Waals surface area contributed by atoms with Gasteiger partial charge in [0.15, 0.2) is 0 Å². The van der Waals surface area contributed by atoms with Gasteiger partial charge < -0.3 is 15.4 Å². The summed E-state index contributed by atoms with van der Waals surface area (Å²) in [5.74, 6) is -0.307. The molecule has 0 saturated carbocycles. The van der Waals surface area contributed by atoms with Gasteiger partial charge in [-0.2, -0.15) is 13.2 Å². The molecule has 7 heteroatoms. The first-order valence-corrected chi connectivity index (χ1v) is 6.02. The Kier molecular flexibility index (Phi) is 5.82. The van der Waals surface area contributed by atoms with Crippen LogP contribution < -0.4 is 10.6 Å². The molecule has 0 aliphatic carbocycles. The molecule has 112 valence electrons. The van der Waals surface area contributed by atoms with Gasteiger partial charge in [-0.05, 0) is 24.6 Å². The van der Waals surface area contributed by atoms with Crippen molar-refractivity contribution in [2.45, 2.75) is 13.1 Å². The number of amides is 1. The summed E-state index contributed by atoms with van der Waals surface area (Å²) in [7, 11) is 1.51. The van der Waals surface area contributed by atoms with Gasteiger partial charge in [0.2, 0.25) is 5.91 Å². The van der Waals surface area contributed by atoms with Crippen LogP contribution in [0.25, 0.3) is 0 Å². The average molecular weight is 290 g/mol. The van der Waals surface area contributed by atoms with E-state index in [9.17, 15) is 18.0 Å². The van der Waals surface area contributed by atoms with E-state index in [0.29, 0.717) is 24.4 Å². The summed E-state index contributed by atoms with van der Waals surface area (Å²) in [6.07, 6.45) is -4.40. The molecule has 0 heterocycles. The van der Waals surface area contributed by atoms with Crippen molar-refractivity contribution < 1.29 is 22.7 Å². The summed E-state index contributed by atoms with van der Waals surface area (Å²) in [4.78, 5) is 11.4. The lowest BCUT2D eigenvalue weighted by Crippen LogP contribution is -2.32. The van der Waals surface area contributed by atoms with Crippen LogP contribution in [0.2, 0.25) is 0 Å². The highest BCUT2D eigenvalue weighted by molar-refractivity contribution is 5.81. The second kappa shape index (κ2) is 7.14. The van der Waals surface area contributed by atoms with E-state index in [4.69, 9.17) is 4.74 Å². The minimum absolute atomic E-state index is 0.0914. The summed E-state index contributed by atoms with van der Waals surface area (Å²) in [5.41, 5.74) is 0.190. The molecule has 0 spiro atoms. The van der Waals surface area contributed by atoms with Gasteiger partial charge in [-0.3, -0.25) is 4.79 Å². The van der Waals surface area contributed by atoms with Crippen molar-refractivity contribution in [2.75, 3.05) is 32.1 Å². The van der Waals surface area contributed by atoms with Crippen LogP contribution in [0, 0.1) is 6.92 Å². The zero-order valence-electron chi connectivity index (χ0n) is 11.3. The Morgan fingerprint density at radius 1 is 1.35 bits per heavy atom. The Labute approximate surface area is 115 Å². The van der Waals surface area contributed by atoms with Gasteiger partial charge in [0.1, 0.15) is 0 Å². The summed E-state index contributed by atoms with van der Waals surface area (Å²) in [5, 5.41) is 5.27. The Bertz CT molecular complexity index is 461. The topological polar surface area (TPSA) is 50.4 Å². The molecule has 0 aliphatic heterocycles. The minimum atomic E-state index is -4.40. The Hall–Kier alpha value is -1.76. The molecule has 1 aromatic rings. The SMILES string of the molecule is COCCNC(=O)CNc1cc(C(F)(F)F)ccc1C. The molecule has 1 aromatic carbocycles. The predicted octanol–water partition coefficient (Wildman–Crippen LogP) is 2.19. The Morgan fingerprint density at radius 3 is 2.65 bits per heavy atom. The van der Waals surface area contributed by atoms with Crippen molar-refractivity contribution in [2.24, 2.45) is 0 Å². The summed E-state index contributed by atoms with van der Waals surface area (Å²) in [6, 6.07) is 3.38. The Balaban J connectivity index is 2.61. The van der Waals surface area contributed by atoms with E-state index in [1.54, 1.807) is 6.92 Å². The van der Waals surface area contributed by atoms with Gasteiger partial charge in [0, 0.05) is 19.3 Å². The molecule has 4 nitrogen and oxygen atoms in total. The van der Waals surface area contributed by atoms with Crippen LogP contribution in [0.5, 0.6) is 0 Å². The maximum Gasteiger partial charge on any atom is 0.416 e. The third-order valence-electron chi connectivity index (χ3n) is 2.63. The number of benzene rings is 1. The number of hydrogen-bond donors (Lipinski definition) is 2. The zero-order valence-corrected chi connectivity index (χ0v) is 11.3. The molecule has 0 saturated heterocycles. The number of methoxy groups -OCH3 is 1. The number of ether oxygens (including phenoxy) is 1. The number of carbonyl (C=O) groups excluding carboxylic acids is 1. The van der Waals surface area contributed by atoms with E-state index in [-0.39, 0.29) is 12.5 Å². The molecular formula is C13H17F3N2O2. The molecule has 1 amide bonds. The van der Waals surface area contributed by atoms with Gasteiger partial charge in [-0.25, -0.2) is 0 Å². The second-order valence-electron chi connectivity index (χ2n) is 4.22. The molecule has 1 rings (SSSR count). The van der Waals surface area contributed by atoms with Crippen LogP contribution in [0.15, 0.2) is 18.2 Å². The summed E-state index contributed by atoms with van der Waals surface area (Å²) >= 11 is 0. The summed E-state index contributed by atoms with van der Waals surface area (Å²) in [6.45, 7) is 2.32. The average Bonchev–Trinajstić information content (AvgIpc) is 2.36. The van der Waals surface area contributed by atoms with Crippen LogP contribution in [0.1, 0.15) is 11.1 Å². The smallest absolute Gasteiger partial charge is 0.383 e. The predicted molar refractivity (Wildman–Crippen MR) is 69.6 cm³/mol. The zero-order chi connectivity index (χ0) is 15.2. The van der Waals surface area contributed by atoms with E-state index in [2.05, 4.69) is 10.6 Å². The largest absolute Gasteiger partial charge is 0.416 e. The van der Waals surface area contributed by atoms with Crippen LogP contribution in [0.4, 0.5) is 18.9 Å². The van der Waals surface area contributed by atoms with E-state index in [1.807, 2.05) is 0 Å². The lowest BCUT2D eigenvalue weighted by atomic mass is 10.1. The molecule has 0 aromatic heterocycles. The van der Waals surface area contributed by atoms with Crippen molar-refractivity contribution in [1.29, 1.82) is 0 Å². The molecule has 2 N–H and O–H groups in total. The Morgan fingerprint density at radius 2 is 2.05 bits per heavy atom. The fourth-order valence-electron chi connectivity index (χ4n) is 1.52. The van der Waals surface area contributed by atoms with Gasteiger partial charge in [-0.15, -0.1) is 0 Å². The van der Waals surface area contributed by atoms with E-state index in [1.165, 1.54) is 13.2 Å². The van der Waals surface area contributed by atoms with Crippen molar-refractivity contribution in [3.05, 3.63) is 29.3 Å². The van der Waals surface area contributed by atoms with E-state index in [0.717, 1.165) is 12.1 Å². The number of carbonyl (C=O) groups is 1. The summed E-state index contributed by atoms with van der Waals surface area (Å²) < 4.78 is 42.5. The highest BCUT2D eigenvalue weighted by Crippen LogP contribution is 2.31. The van der Waals surface area contributed by atoms with Crippen LogP contribution >= 0.6 is 0 Å². The van der Waals surface area contributed by atoms with Gasteiger partial charge in [0.05, 0.1) is 18.7 Å². The number of aryl methyl sites for hydroxylation is 1. The van der Waals surface area contributed by atoms with Crippen LogP contribution in [-0.2, 0) is 15.7 Å². The molecule has 0 bridgehead atoms. The fraction of sp³-hybridized carbons (Fsp3) is 0.462. The number of hydrogen-bond acceptors (Lipinski definition) is 3. The number of rotatable bonds is 6. The van der Waals surface area contributed by atoms with Gasteiger partial charge in [-0.1, -0.05) is 6.07 Å². The maximum atomic E-state index is 12.6. The van der Waals surface area contributed by atoms with Crippen molar-refractivity contribution in [3.8, 4) is 0 Å². The number of anilines is 1. The van der Waals surface area contributed by atoms with E-state index >= 15 is 0 Å². The van der Waals surface area contributed by atoms with Crippen molar-refractivity contribution in [3.63, 3.8) is 0 Å².